The first-order valence-corrected chi connectivity index (χ1v) is 4.90. The van der Waals surface area contributed by atoms with Crippen molar-refractivity contribution in [1.82, 2.24) is 10.2 Å². The van der Waals surface area contributed by atoms with Crippen LogP contribution in [0, 0.1) is 0 Å². The molecule has 1 atom stereocenters. The van der Waals surface area contributed by atoms with Crippen LogP contribution in [-0.2, 0) is 9.47 Å². The molecule has 76 valence electrons. The smallest absolute Gasteiger partial charge is 0.0782 e. The second-order valence-corrected chi connectivity index (χ2v) is 4.05. The maximum absolute atomic E-state index is 5.57. The van der Waals surface area contributed by atoms with Gasteiger partial charge in [0.15, 0.2) is 0 Å². The first-order chi connectivity index (χ1) is 6.31. The summed E-state index contributed by atoms with van der Waals surface area (Å²) in [6.45, 7) is 6.19. The average molecular weight is 186 g/mol. The number of hydrogen-bond acceptors (Lipinski definition) is 4. The first kappa shape index (κ1) is 9.40. The van der Waals surface area contributed by atoms with E-state index in [-0.39, 0.29) is 5.54 Å². The van der Waals surface area contributed by atoms with Crippen LogP contribution in [0.5, 0.6) is 0 Å². The van der Waals surface area contributed by atoms with Crippen molar-refractivity contribution in [2.75, 3.05) is 53.1 Å². The van der Waals surface area contributed by atoms with E-state index in [0.29, 0.717) is 0 Å². The van der Waals surface area contributed by atoms with E-state index < -0.39 is 0 Å². The lowest BCUT2D eigenvalue weighted by molar-refractivity contribution is -0.0146. The Hall–Kier alpha value is -0.160. The SMILES string of the molecule is CN1CCOCC2(COCCN2)C1. The van der Waals surface area contributed by atoms with Gasteiger partial charge in [-0.15, -0.1) is 0 Å². The summed E-state index contributed by atoms with van der Waals surface area (Å²) in [5.41, 5.74) is 0.0451. The molecule has 2 rings (SSSR count). The Morgan fingerprint density at radius 2 is 2.00 bits per heavy atom. The number of nitrogens with zero attached hydrogens (tertiary/aromatic N) is 1. The van der Waals surface area contributed by atoms with Crippen LogP contribution in [0.1, 0.15) is 0 Å². The molecule has 0 bridgehead atoms. The number of likely N-dealkylation sites (N-methyl/N-ethyl adjacent to an activating group) is 1. The molecule has 2 fully saturated rings. The van der Waals surface area contributed by atoms with Crippen molar-refractivity contribution >= 4 is 0 Å². The predicted octanol–water partition coefficient (Wildman–Crippen LogP) is -0.693. The molecular formula is C9H18N2O2. The van der Waals surface area contributed by atoms with Crippen LogP contribution in [0.15, 0.2) is 0 Å². The van der Waals surface area contributed by atoms with E-state index in [1.807, 2.05) is 0 Å². The van der Waals surface area contributed by atoms with Crippen molar-refractivity contribution in [3.8, 4) is 0 Å². The van der Waals surface area contributed by atoms with E-state index in [0.717, 1.165) is 46.1 Å². The molecule has 2 aliphatic rings. The lowest BCUT2D eigenvalue weighted by Crippen LogP contribution is -2.61. The number of ether oxygens (including phenoxy) is 2. The van der Waals surface area contributed by atoms with Gasteiger partial charge in [0.05, 0.1) is 32.0 Å². The van der Waals surface area contributed by atoms with Gasteiger partial charge in [-0.05, 0) is 7.05 Å². The number of hydrogen-bond donors (Lipinski definition) is 1. The monoisotopic (exact) mass is 186 g/mol. The van der Waals surface area contributed by atoms with E-state index in [4.69, 9.17) is 9.47 Å². The summed E-state index contributed by atoms with van der Waals surface area (Å²) in [6.07, 6.45) is 0. The van der Waals surface area contributed by atoms with Crippen LogP contribution < -0.4 is 5.32 Å². The minimum atomic E-state index is 0.0451. The molecule has 0 saturated carbocycles. The van der Waals surface area contributed by atoms with Crippen LogP contribution in [0.2, 0.25) is 0 Å². The Labute approximate surface area is 79.2 Å². The fourth-order valence-corrected chi connectivity index (χ4v) is 2.03. The quantitative estimate of drug-likeness (QED) is 0.543. The van der Waals surface area contributed by atoms with Crippen molar-refractivity contribution in [2.45, 2.75) is 5.54 Å². The summed E-state index contributed by atoms with van der Waals surface area (Å²) in [7, 11) is 2.13. The fraction of sp³-hybridized carbons (Fsp3) is 1.00. The van der Waals surface area contributed by atoms with Crippen LogP contribution in [0.25, 0.3) is 0 Å². The van der Waals surface area contributed by atoms with Gasteiger partial charge in [0.25, 0.3) is 0 Å². The highest BCUT2D eigenvalue weighted by Gasteiger charge is 2.35. The molecule has 2 aliphatic heterocycles. The molecule has 0 aromatic carbocycles. The normalized spacial score (nSPS) is 37.6. The molecule has 4 nitrogen and oxygen atoms in total. The van der Waals surface area contributed by atoms with Crippen molar-refractivity contribution in [3.63, 3.8) is 0 Å². The lowest BCUT2D eigenvalue weighted by Gasteiger charge is -2.38. The molecule has 0 radical (unpaired) electrons. The van der Waals surface area contributed by atoms with Crippen molar-refractivity contribution in [3.05, 3.63) is 0 Å². The predicted molar refractivity (Wildman–Crippen MR) is 49.9 cm³/mol. The molecule has 0 aromatic rings. The molecular weight excluding hydrogens is 168 g/mol. The maximum atomic E-state index is 5.57. The summed E-state index contributed by atoms with van der Waals surface area (Å²) in [4.78, 5) is 2.30. The van der Waals surface area contributed by atoms with Crippen LogP contribution in [-0.4, -0.2) is 63.5 Å². The van der Waals surface area contributed by atoms with Gasteiger partial charge in [-0.2, -0.15) is 0 Å². The van der Waals surface area contributed by atoms with E-state index in [2.05, 4.69) is 17.3 Å². The van der Waals surface area contributed by atoms with Gasteiger partial charge >= 0.3 is 0 Å². The van der Waals surface area contributed by atoms with Crippen molar-refractivity contribution in [1.29, 1.82) is 0 Å². The zero-order chi connectivity index (χ0) is 9.15. The Bertz CT molecular complexity index is 169. The van der Waals surface area contributed by atoms with E-state index in [1.165, 1.54) is 0 Å². The molecule has 13 heavy (non-hydrogen) atoms. The van der Waals surface area contributed by atoms with Gasteiger partial charge in [0, 0.05) is 19.6 Å². The van der Waals surface area contributed by atoms with Crippen molar-refractivity contribution < 1.29 is 9.47 Å². The highest BCUT2D eigenvalue weighted by Crippen LogP contribution is 2.14. The summed E-state index contributed by atoms with van der Waals surface area (Å²) in [6, 6.07) is 0. The van der Waals surface area contributed by atoms with Gasteiger partial charge in [-0.1, -0.05) is 0 Å². The van der Waals surface area contributed by atoms with Gasteiger partial charge in [-0.25, -0.2) is 0 Å². The largest absolute Gasteiger partial charge is 0.378 e. The minimum absolute atomic E-state index is 0.0451. The average Bonchev–Trinajstić information content (AvgIpc) is 2.29. The second kappa shape index (κ2) is 3.92. The fourth-order valence-electron chi connectivity index (χ4n) is 2.03. The third kappa shape index (κ3) is 2.20. The molecule has 1 unspecified atom stereocenters. The Kier molecular flexibility index (Phi) is 2.83. The zero-order valence-electron chi connectivity index (χ0n) is 8.21. The van der Waals surface area contributed by atoms with Crippen LogP contribution in [0.3, 0.4) is 0 Å². The Morgan fingerprint density at radius 3 is 2.77 bits per heavy atom. The van der Waals surface area contributed by atoms with Gasteiger partial charge in [0.2, 0.25) is 0 Å². The number of morpholine rings is 1. The summed E-state index contributed by atoms with van der Waals surface area (Å²) in [5.74, 6) is 0. The van der Waals surface area contributed by atoms with Crippen molar-refractivity contribution in [2.24, 2.45) is 0 Å². The summed E-state index contributed by atoms with van der Waals surface area (Å²) >= 11 is 0. The molecule has 1 N–H and O–H groups in total. The highest BCUT2D eigenvalue weighted by molar-refractivity contribution is 4.94. The lowest BCUT2D eigenvalue weighted by atomic mass is 10.0. The highest BCUT2D eigenvalue weighted by atomic mass is 16.5. The van der Waals surface area contributed by atoms with E-state index >= 15 is 0 Å². The minimum Gasteiger partial charge on any atom is -0.378 e. The summed E-state index contributed by atoms with van der Waals surface area (Å²) < 4.78 is 11.1. The molecule has 2 saturated heterocycles. The van der Waals surface area contributed by atoms with Gasteiger partial charge < -0.3 is 19.7 Å². The molecule has 1 spiro atoms. The standard InChI is InChI=1S/C9H18N2O2/c1-11-3-5-13-8-9(6-11)7-12-4-2-10-9/h10H,2-8H2,1H3. The molecule has 0 aromatic heterocycles. The second-order valence-electron chi connectivity index (χ2n) is 4.05. The molecule has 2 heterocycles. The van der Waals surface area contributed by atoms with Crippen LogP contribution in [0.4, 0.5) is 0 Å². The molecule has 0 aliphatic carbocycles. The molecule has 0 amide bonds. The topological polar surface area (TPSA) is 33.7 Å². The third-order valence-electron chi connectivity index (χ3n) is 2.69. The molecule has 4 heteroatoms. The summed E-state index contributed by atoms with van der Waals surface area (Å²) in [5, 5.41) is 3.51. The number of rotatable bonds is 0. The van der Waals surface area contributed by atoms with Crippen LogP contribution >= 0.6 is 0 Å². The third-order valence-corrected chi connectivity index (χ3v) is 2.69. The zero-order valence-corrected chi connectivity index (χ0v) is 8.21. The van der Waals surface area contributed by atoms with Gasteiger partial charge in [-0.3, -0.25) is 0 Å². The number of nitrogens with one attached hydrogen (secondary N) is 1. The Morgan fingerprint density at radius 1 is 1.23 bits per heavy atom. The van der Waals surface area contributed by atoms with E-state index in [9.17, 15) is 0 Å². The maximum Gasteiger partial charge on any atom is 0.0782 e. The Balaban J connectivity index is 2.00. The van der Waals surface area contributed by atoms with E-state index in [1.54, 1.807) is 0 Å². The first-order valence-electron chi connectivity index (χ1n) is 4.90. The van der Waals surface area contributed by atoms with Gasteiger partial charge in [0.1, 0.15) is 0 Å².